The molecule has 0 aromatic rings. The molecule has 0 amide bonds. The molecule has 1 radical (unpaired) electrons. The summed E-state index contributed by atoms with van der Waals surface area (Å²) < 4.78 is 5.25. The zero-order chi connectivity index (χ0) is 13.1. The maximum absolute atomic E-state index is 6.94. The van der Waals surface area contributed by atoms with E-state index in [0.29, 0.717) is 12.0 Å². The van der Waals surface area contributed by atoms with Gasteiger partial charge in [0.2, 0.25) is 0 Å². The van der Waals surface area contributed by atoms with Gasteiger partial charge in [-0.05, 0) is 38.0 Å². The van der Waals surface area contributed by atoms with Gasteiger partial charge in [-0.1, -0.05) is 45.5 Å². The minimum Gasteiger partial charge on any atom is -0.382 e. The molecule has 0 saturated heterocycles. The highest BCUT2D eigenvalue weighted by molar-refractivity contribution is 4.78. The van der Waals surface area contributed by atoms with Gasteiger partial charge in [0, 0.05) is 13.5 Å². The molecule has 0 aromatic carbocycles. The van der Waals surface area contributed by atoms with E-state index in [0.717, 1.165) is 12.3 Å². The summed E-state index contributed by atoms with van der Waals surface area (Å²) in [4.78, 5) is 0. The Bertz CT molecular complexity index is 204. The van der Waals surface area contributed by atoms with E-state index in [1.807, 2.05) is 0 Å². The van der Waals surface area contributed by atoms with Crippen LogP contribution in [0.1, 0.15) is 65.7 Å². The summed E-state index contributed by atoms with van der Waals surface area (Å²) in [6.45, 7) is 6.71. The van der Waals surface area contributed by atoms with E-state index in [4.69, 9.17) is 11.2 Å². The van der Waals surface area contributed by atoms with E-state index in [-0.39, 0.29) is 0 Å². The van der Waals surface area contributed by atoms with Gasteiger partial charge < -0.3 is 4.74 Å². The number of rotatable bonds is 10. The summed E-state index contributed by atoms with van der Waals surface area (Å²) in [6.07, 6.45) is 15.8. The first kappa shape index (κ1) is 16.5. The molecular weight excluding hydrogens is 208 g/mol. The third kappa shape index (κ3) is 10.4. The molecule has 0 aliphatic heterocycles. The second kappa shape index (κ2) is 10.7. The van der Waals surface area contributed by atoms with Crippen LogP contribution in [-0.4, -0.2) is 13.2 Å². The molecule has 3 unspecified atom stereocenters. The van der Waals surface area contributed by atoms with Gasteiger partial charge >= 0.3 is 0 Å². The molecule has 0 heterocycles. The summed E-state index contributed by atoms with van der Waals surface area (Å²) in [5.41, 5.74) is 0. The van der Waals surface area contributed by atoms with Gasteiger partial charge in [-0.2, -0.15) is 0 Å². The van der Waals surface area contributed by atoms with E-state index in [2.05, 4.69) is 26.7 Å². The van der Waals surface area contributed by atoms with Crippen molar-refractivity contribution in [3.63, 3.8) is 0 Å². The fourth-order valence-electron chi connectivity index (χ4n) is 2.11. The molecule has 17 heavy (non-hydrogen) atoms. The van der Waals surface area contributed by atoms with Crippen LogP contribution >= 0.6 is 0 Å². The lowest BCUT2D eigenvalue weighted by Crippen LogP contribution is -2.05. The Morgan fingerprint density at radius 3 is 2.00 bits per heavy atom. The summed E-state index contributed by atoms with van der Waals surface area (Å²) in [5.74, 6) is 3.96. The van der Waals surface area contributed by atoms with E-state index in [9.17, 15) is 0 Å². The fourth-order valence-corrected chi connectivity index (χ4v) is 2.11. The van der Waals surface area contributed by atoms with Crippen molar-refractivity contribution in [2.24, 2.45) is 11.8 Å². The van der Waals surface area contributed by atoms with Crippen LogP contribution in [0.15, 0.2) is 0 Å². The average Bonchev–Trinajstić information content (AvgIpc) is 2.29. The zero-order valence-electron chi connectivity index (χ0n) is 12.1. The van der Waals surface area contributed by atoms with Crippen LogP contribution in [0.25, 0.3) is 0 Å². The molecule has 0 aliphatic carbocycles. The van der Waals surface area contributed by atoms with Crippen molar-refractivity contribution in [1.29, 1.82) is 0 Å². The van der Waals surface area contributed by atoms with Gasteiger partial charge in [0.25, 0.3) is 0 Å². The summed E-state index contributed by atoms with van der Waals surface area (Å²) in [5, 5.41) is 0. The smallest absolute Gasteiger partial charge is 0.0543 e. The molecule has 0 saturated carbocycles. The first-order valence-electron chi connectivity index (χ1n) is 7.02. The maximum atomic E-state index is 6.94. The van der Waals surface area contributed by atoms with E-state index in [1.54, 1.807) is 7.11 Å². The molecule has 0 fully saturated rings. The quantitative estimate of drug-likeness (QED) is 0.504. The van der Waals surface area contributed by atoms with Crippen molar-refractivity contribution >= 4 is 0 Å². The molecule has 0 aromatic heterocycles. The largest absolute Gasteiger partial charge is 0.382 e. The Morgan fingerprint density at radius 1 is 0.941 bits per heavy atom. The maximum Gasteiger partial charge on any atom is 0.0543 e. The first-order chi connectivity index (χ1) is 8.10. The predicted octanol–water partition coefficient (Wildman–Crippen LogP) is 4.61. The number of ether oxygens (including phenoxy) is 1. The molecule has 0 N–H and O–H groups in total. The lowest BCUT2D eigenvalue weighted by Gasteiger charge is -2.14. The lowest BCUT2D eigenvalue weighted by atomic mass is 9.93. The van der Waals surface area contributed by atoms with Gasteiger partial charge in [-0.25, -0.2) is 0 Å². The second-order valence-corrected chi connectivity index (χ2v) is 5.50. The molecular formula is C16H29O. The highest BCUT2D eigenvalue weighted by Crippen LogP contribution is 2.19. The molecule has 3 atom stereocenters. The van der Waals surface area contributed by atoms with Gasteiger partial charge in [-0.3, -0.25) is 0 Å². The van der Waals surface area contributed by atoms with E-state index >= 15 is 0 Å². The Hall–Kier alpha value is -0.480. The highest BCUT2D eigenvalue weighted by Gasteiger charge is 2.06. The van der Waals surface area contributed by atoms with E-state index in [1.165, 1.54) is 38.5 Å². The molecule has 0 aliphatic rings. The number of hydrogen-bond donors (Lipinski definition) is 0. The molecule has 0 spiro atoms. The van der Waals surface area contributed by atoms with Crippen molar-refractivity contribution < 1.29 is 4.74 Å². The molecule has 0 rings (SSSR count). The van der Waals surface area contributed by atoms with Crippen molar-refractivity contribution in [3.8, 4) is 5.92 Å². The van der Waals surface area contributed by atoms with Crippen molar-refractivity contribution in [2.45, 2.75) is 71.8 Å². The number of methoxy groups -OCH3 is 1. The van der Waals surface area contributed by atoms with Crippen LogP contribution in [0.3, 0.4) is 0 Å². The fraction of sp³-hybridized carbons (Fsp3) is 0.875. The van der Waals surface area contributed by atoms with Crippen molar-refractivity contribution in [1.82, 2.24) is 0 Å². The summed E-state index contributed by atoms with van der Waals surface area (Å²) in [7, 11) is 1.79. The van der Waals surface area contributed by atoms with Crippen LogP contribution in [0.2, 0.25) is 0 Å². The average molecular weight is 237 g/mol. The minimum absolute atomic E-state index is 0.408. The van der Waals surface area contributed by atoms with E-state index < -0.39 is 0 Å². The summed E-state index contributed by atoms with van der Waals surface area (Å²) in [6, 6.07) is 0. The normalized spacial score (nSPS) is 16.2. The Morgan fingerprint density at radius 2 is 1.47 bits per heavy atom. The molecule has 1 nitrogen and oxygen atoms in total. The molecule has 0 bridgehead atoms. The molecule has 99 valence electrons. The monoisotopic (exact) mass is 237 g/mol. The Labute approximate surface area is 108 Å². The molecule has 1 heteroatoms. The van der Waals surface area contributed by atoms with Crippen molar-refractivity contribution in [3.05, 3.63) is 6.42 Å². The second-order valence-electron chi connectivity index (χ2n) is 5.50. The predicted molar refractivity (Wildman–Crippen MR) is 74.2 cm³/mol. The first-order valence-corrected chi connectivity index (χ1v) is 7.02. The Balaban J connectivity index is 3.41. The van der Waals surface area contributed by atoms with Crippen LogP contribution in [0.4, 0.5) is 0 Å². The van der Waals surface area contributed by atoms with Crippen LogP contribution in [0, 0.1) is 24.2 Å². The minimum atomic E-state index is 0.408. The lowest BCUT2D eigenvalue weighted by molar-refractivity contribution is 0.107. The van der Waals surface area contributed by atoms with Crippen LogP contribution in [0.5, 0.6) is 0 Å². The Kier molecular flexibility index (Phi) is 10.4. The van der Waals surface area contributed by atoms with Crippen molar-refractivity contribution in [2.75, 3.05) is 7.11 Å². The van der Waals surface area contributed by atoms with Gasteiger partial charge in [-0.15, -0.1) is 0 Å². The highest BCUT2D eigenvalue weighted by atomic mass is 16.5. The third-order valence-corrected chi connectivity index (χ3v) is 3.55. The SMILES string of the molecule is [C]#CCC(C)CCCC(C)CCCC(C)OC. The van der Waals surface area contributed by atoms with Gasteiger partial charge in [0.05, 0.1) is 6.10 Å². The van der Waals surface area contributed by atoms with Gasteiger partial charge in [0.15, 0.2) is 0 Å². The third-order valence-electron chi connectivity index (χ3n) is 3.55. The van der Waals surface area contributed by atoms with Gasteiger partial charge in [0.1, 0.15) is 0 Å². The standard InChI is InChI=1S/C16H29O/c1-6-9-14(2)10-7-11-15(3)12-8-13-16(4)17-5/h14-16H,7-13H2,2-5H3. The van der Waals surface area contributed by atoms with Crippen LogP contribution < -0.4 is 0 Å². The number of hydrogen-bond acceptors (Lipinski definition) is 1. The topological polar surface area (TPSA) is 9.23 Å². The summed E-state index contributed by atoms with van der Waals surface area (Å²) >= 11 is 0. The van der Waals surface area contributed by atoms with Crippen LogP contribution in [-0.2, 0) is 4.74 Å². The zero-order valence-corrected chi connectivity index (χ0v) is 12.1.